The SMILES string of the molecule is Nc1ccc(-c2ccc(N)cc2)cc1.S. The van der Waals surface area contributed by atoms with E-state index in [0.717, 1.165) is 22.5 Å². The van der Waals surface area contributed by atoms with Gasteiger partial charge in [-0.3, -0.25) is 0 Å². The van der Waals surface area contributed by atoms with E-state index in [4.69, 9.17) is 11.5 Å². The number of benzene rings is 2. The summed E-state index contributed by atoms with van der Waals surface area (Å²) in [7, 11) is 0. The Morgan fingerprint density at radius 1 is 0.533 bits per heavy atom. The first-order chi connectivity index (χ1) is 6.75. The summed E-state index contributed by atoms with van der Waals surface area (Å²) in [6.07, 6.45) is 0. The lowest BCUT2D eigenvalue weighted by Crippen LogP contribution is -1.85. The fourth-order valence-electron chi connectivity index (χ4n) is 1.35. The lowest BCUT2D eigenvalue weighted by molar-refractivity contribution is 1.61. The molecule has 78 valence electrons. The van der Waals surface area contributed by atoms with Gasteiger partial charge in [-0.05, 0) is 35.4 Å². The number of anilines is 2. The van der Waals surface area contributed by atoms with Gasteiger partial charge >= 0.3 is 0 Å². The van der Waals surface area contributed by atoms with E-state index in [0.29, 0.717) is 0 Å². The molecule has 0 aliphatic heterocycles. The van der Waals surface area contributed by atoms with Gasteiger partial charge in [0, 0.05) is 11.4 Å². The highest BCUT2D eigenvalue weighted by Crippen LogP contribution is 2.21. The van der Waals surface area contributed by atoms with Crippen LogP contribution in [0.15, 0.2) is 48.5 Å². The number of hydrogen-bond donors (Lipinski definition) is 2. The lowest BCUT2D eigenvalue weighted by atomic mass is 10.1. The Hall–Kier alpha value is -1.61. The maximum atomic E-state index is 5.61. The molecule has 0 fully saturated rings. The van der Waals surface area contributed by atoms with Gasteiger partial charge in [-0.15, -0.1) is 0 Å². The fourth-order valence-corrected chi connectivity index (χ4v) is 1.35. The Kier molecular flexibility index (Phi) is 3.63. The molecule has 0 amide bonds. The van der Waals surface area contributed by atoms with Crippen molar-refractivity contribution >= 4 is 24.9 Å². The average molecular weight is 218 g/mol. The van der Waals surface area contributed by atoms with Crippen molar-refractivity contribution in [3.63, 3.8) is 0 Å². The van der Waals surface area contributed by atoms with Gasteiger partial charge in [0.1, 0.15) is 0 Å². The number of nitrogen functional groups attached to an aromatic ring is 2. The number of hydrogen-bond acceptors (Lipinski definition) is 2. The molecule has 2 aromatic carbocycles. The van der Waals surface area contributed by atoms with Crippen LogP contribution in [0.4, 0.5) is 11.4 Å². The first kappa shape index (κ1) is 11.5. The largest absolute Gasteiger partial charge is 0.399 e. The predicted molar refractivity (Wildman–Crippen MR) is 71.1 cm³/mol. The van der Waals surface area contributed by atoms with Crippen LogP contribution < -0.4 is 11.5 Å². The van der Waals surface area contributed by atoms with Crippen LogP contribution >= 0.6 is 13.5 Å². The summed E-state index contributed by atoms with van der Waals surface area (Å²) in [5.41, 5.74) is 15.1. The summed E-state index contributed by atoms with van der Waals surface area (Å²) < 4.78 is 0. The molecule has 2 rings (SSSR count). The molecule has 15 heavy (non-hydrogen) atoms. The summed E-state index contributed by atoms with van der Waals surface area (Å²) in [6, 6.07) is 15.6. The van der Waals surface area contributed by atoms with E-state index < -0.39 is 0 Å². The van der Waals surface area contributed by atoms with Crippen molar-refractivity contribution in [2.75, 3.05) is 11.5 Å². The van der Waals surface area contributed by atoms with E-state index in [-0.39, 0.29) is 13.5 Å². The van der Waals surface area contributed by atoms with Crippen LogP contribution in [0.1, 0.15) is 0 Å². The van der Waals surface area contributed by atoms with Gasteiger partial charge in [0.2, 0.25) is 0 Å². The number of rotatable bonds is 1. The second-order valence-corrected chi connectivity index (χ2v) is 3.24. The summed E-state index contributed by atoms with van der Waals surface area (Å²) >= 11 is 0. The first-order valence-electron chi connectivity index (χ1n) is 4.47. The summed E-state index contributed by atoms with van der Waals surface area (Å²) in [5, 5.41) is 0. The van der Waals surface area contributed by atoms with Crippen LogP contribution in [-0.2, 0) is 0 Å². The van der Waals surface area contributed by atoms with Gasteiger partial charge in [0.15, 0.2) is 0 Å². The zero-order valence-electron chi connectivity index (χ0n) is 8.27. The maximum absolute atomic E-state index is 5.61. The van der Waals surface area contributed by atoms with Crippen molar-refractivity contribution in [2.24, 2.45) is 0 Å². The molecule has 0 aliphatic carbocycles. The Morgan fingerprint density at radius 2 is 0.800 bits per heavy atom. The van der Waals surface area contributed by atoms with E-state index in [1.54, 1.807) is 0 Å². The van der Waals surface area contributed by atoms with Crippen molar-refractivity contribution in [3.05, 3.63) is 48.5 Å². The van der Waals surface area contributed by atoms with E-state index in [1.807, 2.05) is 48.5 Å². The molecule has 3 heteroatoms. The van der Waals surface area contributed by atoms with Gasteiger partial charge in [-0.1, -0.05) is 24.3 Å². The molecule has 0 saturated heterocycles. The fraction of sp³-hybridized carbons (Fsp3) is 0. The third-order valence-corrected chi connectivity index (χ3v) is 2.15. The Morgan fingerprint density at radius 3 is 1.07 bits per heavy atom. The van der Waals surface area contributed by atoms with Gasteiger partial charge in [-0.2, -0.15) is 13.5 Å². The van der Waals surface area contributed by atoms with E-state index in [2.05, 4.69) is 0 Å². The summed E-state index contributed by atoms with van der Waals surface area (Å²) in [4.78, 5) is 0. The van der Waals surface area contributed by atoms with Crippen LogP contribution in [0.5, 0.6) is 0 Å². The molecule has 0 radical (unpaired) electrons. The minimum atomic E-state index is 0. The van der Waals surface area contributed by atoms with Crippen molar-refractivity contribution in [1.82, 2.24) is 0 Å². The molecule has 0 bridgehead atoms. The Labute approximate surface area is 96.4 Å². The third kappa shape index (κ3) is 2.67. The molecule has 0 atom stereocenters. The summed E-state index contributed by atoms with van der Waals surface area (Å²) in [5.74, 6) is 0. The molecule has 4 N–H and O–H groups in total. The monoisotopic (exact) mass is 218 g/mol. The van der Waals surface area contributed by atoms with Crippen LogP contribution in [-0.4, -0.2) is 0 Å². The molecule has 0 spiro atoms. The van der Waals surface area contributed by atoms with E-state index in [9.17, 15) is 0 Å². The predicted octanol–water partition coefficient (Wildman–Crippen LogP) is 2.63. The van der Waals surface area contributed by atoms with Crippen LogP contribution in [0, 0.1) is 0 Å². The molecule has 0 unspecified atom stereocenters. The van der Waals surface area contributed by atoms with Crippen molar-refractivity contribution in [2.45, 2.75) is 0 Å². The molecule has 0 aliphatic rings. The normalized spacial score (nSPS) is 9.33. The zero-order chi connectivity index (χ0) is 9.97. The topological polar surface area (TPSA) is 52.0 Å². The first-order valence-corrected chi connectivity index (χ1v) is 4.47. The molecule has 0 aromatic heterocycles. The minimum absolute atomic E-state index is 0. The zero-order valence-corrected chi connectivity index (χ0v) is 9.27. The Balaban J connectivity index is 0.00000112. The Bertz CT molecular complexity index is 377. The quantitative estimate of drug-likeness (QED) is 0.723. The molecular weight excluding hydrogens is 204 g/mol. The maximum Gasteiger partial charge on any atom is 0.0314 e. The second-order valence-electron chi connectivity index (χ2n) is 3.24. The molecular formula is C12H14N2S. The molecule has 2 aromatic rings. The molecule has 0 heterocycles. The number of nitrogens with two attached hydrogens (primary N) is 2. The van der Waals surface area contributed by atoms with Gasteiger partial charge in [-0.25, -0.2) is 0 Å². The van der Waals surface area contributed by atoms with Gasteiger partial charge < -0.3 is 11.5 Å². The van der Waals surface area contributed by atoms with Crippen LogP contribution in [0.2, 0.25) is 0 Å². The van der Waals surface area contributed by atoms with E-state index in [1.165, 1.54) is 0 Å². The highest BCUT2D eigenvalue weighted by molar-refractivity contribution is 7.59. The van der Waals surface area contributed by atoms with Crippen LogP contribution in [0.25, 0.3) is 11.1 Å². The van der Waals surface area contributed by atoms with E-state index >= 15 is 0 Å². The molecule has 2 nitrogen and oxygen atoms in total. The molecule has 0 saturated carbocycles. The minimum Gasteiger partial charge on any atom is -0.399 e. The van der Waals surface area contributed by atoms with Crippen molar-refractivity contribution < 1.29 is 0 Å². The van der Waals surface area contributed by atoms with Crippen LogP contribution in [0.3, 0.4) is 0 Å². The van der Waals surface area contributed by atoms with Crippen molar-refractivity contribution in [1.29, 1.82) is 0 Å². The lowest BCUT2D eigenvalue weighted by Gasteiger charge is -2.02. The summed E-state index contributed by atoms with van der Waals surface area (Å²) in [6.45, 7) is 0. The van der Waals surface area contributed by atoms with Gasteiger partial charge in [0.05, 0.1) is 0 Å². The standard InChI is InChI=1S/C12H12N2.H2S/c13-11-5-1-9(2-6-11)10-3-7-12(14)8-4-10;/h1-8H,13-14H2;1H2. The van der Waals surface area contributed by atoms with Gasteiger partial charge in [0.25, 0.3) is 0 Å². The highest BCUT2D eigenvalue weighted by Gasteiger charge is 1.95. The second kappa shape index (κ2) is 4.75. The smallest absolute Gasteiger partial charge is 0.0314 e. The van der Waals surface area contributed by atoms with Crippen molar-refractivity contribution in [3.8, 4) is 11.1 Å². The highest BCUT2D eigenvalue weighted by atomic mass is 32.1. The average Bonchev–Trinajstić information content (AvgIpc) is 2.21. The third-order valence-electron chi connectivity index (χ3n) is 2.15.